The summed E-state index contributed by atoms with van der Waals surface area (Å²) < 4.78 is 5.16. The fourth-order valence-corrected chi connectivity index (χ4v) is 1.55. The van der Waals surface area contributed by atoms with Crippen LogP contribution in [-0.4, -0.2) is 22.1 Å². The van der Waals surface area contributed by atoms with Crippen molar-refractivity contribution in [2.24, 2.45) is 0 Å². The minimum atomic E-state index is -1.15. The molecule has 0 bridgehead atoms. The Kier molecular flexibility index (Phi) is 4.91. The first kappa shape index (κ1) is 14.2. The highest BCUT2D eigenvalue weighted by Crippen LogP contribution is 2.31. The second-order valence-electron chi connectivity index (χ2n) is 3.60. The molecule has 1 atom stereocenters. The van der Waals surface area contributed by atoms with Crippen LogP contribution in [0.4, 0.5) is 5.69 Å². The van der Waals surface area contributed by atoms with Gasteiger partial charge in [-0.1, -0.05) is 24.9 Å². The number of hydrogen-bond donors (Lipinski definition) is 1. The second kappa shape index (κ2) is 6.20. The molecule has 1 unspecified atom stereocenters. The predicted molar refractivity (Wildman–Crippen MR) is 65.1 cm³/mol. The lowest BCUT2D eigenvalue weighted by Crippen LogP contribution is -2.26. The van der Waals surface area contributed by atoms with Gasteiger partial charge in [0.1, 0.15) is 0 Å². The Balaban J connectivity index is 3.01. The molecular weight excluding hydrogens is 262 g/mol. The maximum absolute atomic E-state index is 10.9. The SMILES string of the molecule is CCCC(Oc1ccc(Cl)cc1[N+](=O)[O-])C(=O)O. The van der Waals surface area contributed by atoms with E-state index in [2.05, 4.69) is 0 Å². The molecule has 1 aromatic rings. The summed E-state index contributed by atoms with van der Waals surface area (Å²) in [6, 6.07) is 3.84. The van der Waals surface area contributed by atoms with E-state index in [0.717, 1.165) is 6.07 Å². The van der Waals surface area contributed by atoms with E-state index in [4.69, 9.17) is 21.4 Å². The Morgan fingerprint density at radius 1 is 1.61 bits per heavy atom. The normalized spacial score (nSPS) is 11.9. The van der Waals surface area contributed by atoms with Crippen molar-refractivity contribution in [3.8, 4) is 5.75 Å². The van der Waals surface area contributed by atoms with Gasteiger partial charge in [0.15, 0.2) is 11.9 Å². The number of halogens is 1. The van der Waals surface area contributed by atoms with Crippen LogP contribution >= 0.6 is 11.6 Å². The number of carboxylic acid groups (broad SMARTS) is 1. The summed E-state index contributed by atoms with van der Waals surface area (Å²) in [6.45, 7) is 1.80. The maximum atomic E-state index is 10.9. The predicted octanol–water partition coefficient (Wildman–Crippen LogP) is 2.88. The molecule has 0 fully saturated rings. The molecule has 7 heteroatoms. The van der Waals surface area contributed by atoms with Crippen molar-refractivity contribution >= 4 is 23.3 Å². The van der Waals surface area contributed by atoms with Crippen LogP contribution in [0, 0.1) is 10.1 Å². The zero-order valence-corrected chi connectivity index (χ0v) is 10.4. The number of hydrogen-bond acceptors (Lipinski definition) is 4. The quantitative estimate of drug-likeness (QED) is 0.636. The minimum absolute atomic E-state index is 0.0924. The topological polar surface area (TPSA) is 89.7 Å². The standard InChI is InChI=1S/C11H12ClNO5/c1-2-3-10(11(14)15)18-9-5-4-7(12)6-8(9)13(16)17/h4-6,10H,2-3H2,1H3,(H,14,15). The largest absolute Gasteiger partial charge is 0.479 e. The molecule has 0 spiro atoms. The molecule has 0 aromatic heterocycles. The molecule has 0 saturated carbocycles. The lowest BCUT2D eigenvalue weighted by atomic mass is 10.2. The van der Waals surface area contributed by atoms with E-state index in [1.165, 1.54) is 12.1 Å². The van der Waals surface area contributed by atoms with Gasteiger partial charge in [-0.2, -0.15) is 0 Å². The van der Waals surface area contributed by atoms with E-state index < -0.39 is 17.0 Å². The highest BCUT2D eigenvalue weighted by molar-refractivity contribution is 6.30. The highest BCUT2D eigenvalue weighted by atomic mass is 35.5. The summed E-state index contributed by atoms with van der Waals surface area (Å²) in [4.78, 5) is 21.1. The van der Waals surface area contributed by atoms with Crippen molar-refractivity contribution in [2.45, 2.75) is 25.9 Å². The summed E-state index contributed by atoms with van der Waals surface area (Å²) in [5, 5.41) is 19.9. The molecule has 1 N–H and O–H groups in total. The lowest BCUT2D eigenvalue weighted by molar-refractivity contribution is -0.386. The van der Waals surface area contributed by atoms with Crippen molar-refractivity contribution in [3.63, 3.8) is 0 Å². The second-order valence-corrected chi connectivity index (χ2v) is 4.04. The number of benzene rings is 1. The Bertz CT molecular complexity index is 463. The van der Waals surface area contributed by atoms with E-state index in [0.29, 0.717) is 6.42 Å². The Morgan fingerprint density at radius 3 is 2.78 bits per heavy atom. The van der Waals surface area contributed by atoms with Gasteiger partial charge in [0.25, 0.3) is 0 Å². The number of rotatable bonds is 6. The summed E-state index contributed by atoms with van der Waals surface area (Å²) in [7, 11) is 0. The molecule has 0 aliphatic heterocycles. The van der Waals surface area contributed by atoms with Gasteiger partial charge in [-0.15, -0.1) is 0 Å². The van der Waals surface area contributed by atoms with Crippen molar-refractivity contribution in [2.75, 3.05) is 0 Å². The van der Waals surface area contributed by atoms with E-state index in [9.17, 15) is 14.9 Å². The smallest absolute Gasteiger partial charge is 0.344 e. The number of carbonyl (C=O) groups is 1. The van der Waals surface area contributed by atoms with Crippen molar-refractivity contribution in [1.29, 1.82) is 0 Å². The summed E-state index contributed by atoms with van der Waals surface area (Å²) >= 11 is 5.64. The minimum Gasteiger partial charge on any atom is -0.479 e. The van der Waals surface area contributed by atoms with Crippen molar-refractivity contribution < 1.29 is 19.6 Å². The van der Waals surface area contributed by atoms with Crippen LogP contribution in [0.3, 0.4) is 0 Å². The number of carboxylic acids is 1. The van der Waals surface area contributed by atoms with Gasteiger partial charge in [0.2, 0.25) is 0 Å². The third-order valence-electron chi connectivity index (χ3n) is 2.21. The molecule has 0 radical (unpaired) electrons. The zero-order chi connectivity index (χ0) is 13.7. The van der Waals surface area contributed by atoms with Gasteiger partial charge < -0.3 is 9.84 Å². The Morgan fingerprint density at radius 2 is 2.28 bits per heavy atom. The van der Waals surface area contributed by atoms with Gasteiger partial charge in [0.05, 0.1) is 4.92 Å². The molecule has 0 heterocycles. The molecule has 98 valence electrons. The van der Waals surface area contributed by atoms with Crippen LogP contribution in [-0.2, 0) is 4.79 Å². The van der Waals surface area contributed by atoms with Gasteiger partial charge in [-0.05, 0) is 18.6 Å². The molecular formula is C11H12ClNO5. The van der Waals surface area contributed by atoms with E-state index in [-0.39, 0.29) is 22.9 Å². The number of nitrogens with zero attached hydrogens (tertiary/aromatic N) is 1. The summed E-state index contributed by atoms with van der Waals surface area (Å²) in [6.07, 6.45) is -0.233. The number of nitro groups is 1. The average molecular weight is 274 g/mol. The van der Waals surface area contributed by atoms with Crippen molar-refractivity contribution in [1.82, 2.24) is 0 Å². The zero-order valence-electron chi connectivity index (χ0n) is 9.63. The van der Waals surface area contributed by atoms with Crippen LogP contribution < -0.4 is 4.74 Å². The first-order valence-electron chi connectivity index (χ1n) is 5.29. The molecule has 18 heavy (non-hydrogen) atoms. The maximum Gasteiger partial charge on any atom is 0.344 e. The van der Waals surface area contributed by atoms with Crippen LogP contribution in [0.2, 0.25) is 5.02 Å². The summed E-state index contributed by atoms with van der Waals surface area (Å²) in [5.41, 5.74) is -0.343. The van der Waals surface area contributed by atoms with Gasteiger partial charge in [-0.3, -0.25) is 10.1 Å². The average Bonchev–Trinajstić information content (AvgIpc) is 2.30. The monoisotopic (exact) mass is 273 g/mol. The van der Waals surface area contributed by atoms with Crippen molar-refractivity contribution in [3.05, 3.63) is 33.3 Å². The summed E-state index contributed by atoms with van der Waals surface area (Å²) in [5.74, 6) is -1.24. The third-order valence-corrected chi connectivity index (χ3v) is 2.45. The van der Waals surface area contributed by atoms with Crippen LogP contribution in [0.5, 0.6) is 5.75 Å². The fraction of sp³-hybridized carbons (Fsp3) is 0.364. The molecule has 1 aromatic carbocycles. The van der Waals surface area contributed by atoms with Gasteiger partial charge >= 0.3 is 11.7 Å². The first-order chi connectivity index (χ1) is 8.45. The van der Waals surface area contributed by atoms with Gasteiger partial charge in [0, 0.05) is 11.1 Å². The highest BCUT2D eigenvalue weighted by Gasteiger charge is 2.23. The Labute approximate surface area is 108 Å². The van der Waals surface area contributed by atoms with E-state index in [1.54, 1.807) is 6.92 Å². The number of ether oxygens (including phenoxy) is 1. The molecule has 0 saturated heterocycles. The molecule has 0 amide bonds. The van der Waals surface area contributed by atoms with Crippen LogP contribution in [0.15, 0.2) is 18.2 Å². The lowest BCUT2D eigenvalue weighted by Gasteiger charge is -2.14. The Hall–Kier alpha value is -1.82. The van der Waals surface area contributed by atoms with Crippen LogP contribution in [0.1, 0.15) is 19.8 Å². The van der Waals surface area contributed by atoms with E-state index >= 15 is 0 Å². The molecule has 1 rings (SSSR count). The van der Waals surface area contributed by atoms with Crippen LogP contribution in [0.25, 0.3) is 0 Å². The number of aliphatic carboxylic acids is 1. The molecule has 0 aliphatic carbocycles. The van der Waals surface area contributed by atoms with E-state index in [1.807, 2.05) is 0 Å². The van der Waals surface area contributed by atoms with Gasteiger partial charge in [-0.25, -0.2) is 4.79 Å². The molecule has 0 aliphatic rings. The fourth-order valence-electron chi connectivity index (χ4n) is 1.38. The molecule has 6 nitrogen and oxygen atoms in total. The number of nitro benzene ring substituents is 1. The first-order valence-corrected chi connectivity index (χ1v) is 5.67. The third kappa shape index (κ3) is 3.59.